The molecule has 0 spiro atoms. The fraction of sp³-hybridized carbons (Fsp3) is 0.406. The molecule has 1 N–H and O–H groups in total. The number of unbranched alkanes of at least 4 members (excludes halogenated alkanes) is 2. The molecule has 3 aromatic rings. The van der Waals surface area contributed by atoms with Gasteiger partial charge in [-0.1, -0.05) is 137 Å². The van der Waals surface area contributed by atoms with Crippen LogP contribution in [-0.2, 0) is 6.54 Å². The van der Waals surface area contributed by atoms with Gasteiger partial charge in [-0.15, -0.1) is 11.8 Å². The van der Waals surface area contributed by atoms with Gasteiger partial charge in [0.15, 0.2) is 0 Å². The fourth-order valence-electron chi connectivity index (χ4n) is 3.60. The van der Waals surface area contributed by atoms with Gasteiger partial charge in [0.05, 0.1) is 17.1 Å². The summed E-state index contributed by atoms with van der Waals surface area (Å²) in [6, 6.07) is 30.0. The Balaban J connectivity index is 0.000000779. The first-order valence-electron chi connectivity index (χ1n) is 13.1. The van der Waals surface area contributed by atoms with Crippen LogP contribution in [0.5, 0.6) is 0 Å². The molecule has 2 atom stereocenters. The van der Waals surface area contributed by atoms with Gasteiger partial charge in [0.2, 0.25) is 0 Å². The molecule has 0 bridgehead atoms. The van der Waals surface area contributed by atoms with E-state index in [1.54, 1.807) is 11.8 Å². The summed E-state index contributed by atoms with van der Waals surface area (Å²) in [7, 11) is 0. The molecule has 190 valence electrons. The normalized spacial score (nSPS) is 12.5. The molecule has 2 nitrogen and oxygen atoms in total. The third-order valence-corrected chi connectivity index (χ3v) is 6.26. The molecule has 0 saturated heterocycles. The summed E-state index contributed by atoms with van der Waals surface area (Å²) in [5, 5.41) is 4.81. The Morgan fingerprint density at radius 1 is 0.829 bits per heavy atom. The van der Waals surface area contributed by atoms with Crippen LogP contribution in [0, 0.1) is 6.92 Å². The minimum atomic E-state index is 0.107. The molecule has 3 aromatic carbocycles. The van der Waals surface area contributed by atoms with Crippen LogP contribution in [0.2, 0.25) is 0 Å². The molecule has 0 aromatic heterocycles. The zero-order valence-electron chi connectivity index (χ0n) is 22.9. The molecule has 0 fully saturated rings. The summed E-state index contributed by atoms with van der Waals surface area (Å²) in [6.07, 6.45) is 6.17. The van der Waals surface area contributed by atoms with E-state index in [0.717, 1.165) is 11.6 Å². The maximum absolute atomic E-state index is 5.09. The van der Waals surface area contributed by atoms with E-state index in [2.05, 4.69) is 118 Å². The number of hydrogen-bond acceptors (Lipinski definition) is 3. The Kier molecular flexibility index (Phi) is 16.6. The van der Waals surface area contributed by atoms with Crippen molar-refractivity contribution in [1.29, 1.82) is 0 Å². The van der Waals surface area contributed by atoms with Crippen molar-refractivity contribution < 1.29 is 0 Å². The van der Waals surface area contributed by atoms with Crippen molar-refractivity contribution in [3.8, 4) is 0 Å². The van der Waals surface area contributed by atoms with E-state index in [0.29, 0.717) is 0 Å². The van der Waals surface area contributed by atoms with Crippen LogP contribution in [0.25, 0.3) is 0 Å². The second-order valence-electron chi connectivity index (χ2n) is 8.35. The number of thioether (sulfide) groups is 1. The minimum absolute atomic E-state index is 0.107. The number of aliphatic imine (C=N–C) groups is 1. The van der Waals surface area contributed by atoms with Crippen LogP contribution >= 0.6 is 11.8 Å². The Bertz CT molecular complexity index is 919. The molecule has 2 unspecified atom stereocenters. The molecule has 0 heterocycles. The highest BCUT2D eigenvalue weighted by Gasteiger charge is 2.19. The average Bonchev–Trinajstić information content (AvgIpc) is 2.91. The van der Waals surface area contributed by atoms with E-state index in [1.165, 1.54) is 41.5 Å². The molecular formula is C32H46N2S. The monoisotopic (exact) mass is 490 g/mol. The van der Waals surface area contributed by atoms with Crippen molar-refractivity contribution in [3.05, 3.63) is 107 Å². The second-order valence-corrected chi connectivity index (χ2v) is 9.15. The van der Waals surface area contributed by atoms with Crippen LogP contribution in [0.15, 0.2) is 89.9 Å². The lowest BCUT2D eigenvalue weighted by molar-refractivity contribution is 0.465. The third-order valence-electron chi connectivity index (χ3n) is 5.53. The van der Waals surface area contributed by atoms with Crippen LogP contribution < -0.4 is 5.32 Å². The number of hydrogen-bond donors (Lipinski definition) is 1. The molecule has 3 heteroatoms. The molecule has 0 amide bonds. The van der Waals surface area contributed by atoms with Gasteiger partial charge in [0.1, 0.15) is 0 Å². The lowest BCUT2D eigenvalue weighted by Gasteiger charge is -2.24. The molecule has 0 radical (unpaired) electrons. The summed E-state index contributed by atoms with van der Waals surface area (Å²) in [5.41, 5.74) is 5.01. The van der Waals surface area contributed by atoms with E-state index < -0.39 is 0 Å². The molecule has 0 aliphatic heterocycles. The highest BCUT2D eigenvalue weighted by atomic mass is 32.2. The van der Waals surface area contributed by atoms with Crippen molar-refractivity contribution in [1.82, 2.24) is 5.32 Å². The standard InChI is InChI=1S/C25H28N2S.C5H12.C2H6/c1-19-14-16-21(17-15-19)18-26-24(22-10-6-4-7-11-22)20(2)27-25(28-3)23-12-8-5-9-13-23;1-3-5-4-2;1-2/h4-17,20,24,26H,18H2,1-3H3;3-5H2,1-2H3;1-2H3. The number of rotatable bonds is 9. The maximum Gasteiger partial charge on any atom is 0.0978 e. The SMILES string of the molecule is CC.CCCCC.CSC(=NC(C)C(NCc1ccc(C)cc1)c1ccccc1)c1ccccc1. The smallest absolute Gasteiger partial charge is 0.0978 e. The Hall–Kier alpha value is -2.36. The first-order valence-corrected chi connectivity index (χ1v) is 14.3. The summed E-state index contributed by atoms with van der Waals surface area (Å²) in [6.45, 7) is 13.6. The molecular weight excluding hydrogens is 444 g/mol. The van der Waals surface area contributed by atoms with Gasteiger partial charge in [-0.2, -0.15) is 0 Å². The molecule has 0 aliphatic carbocycles. The third kappa shape index (κ3) is 11.7. The maximum atomic E-state index is 5.09. The number of nitrogens with zero attached hydrogens (tertiary/aromatic N) is 1. The van der Waals surface area contributed by atoms with Crippen LogP contribution in [0.4, 0.5) is 0 Å². The summed E-state index contributed by atoms with van der Waals surface area (Å²) >= 11 is 1.70. The van der Waals surface area contributed by atoms with Crippen LogP contribution in [0.3, 0.4) is 0 Å². The zero-order valence-corrected chi connectivity index (χ0v) is 23.7. The lowest BCUT2D eigenvalue weighted by Crippen LogP contribution is -2.29. The Morgan fingerprint density at radius 3 is 1.86 bits per heavy atom. The largest absolute Gasteiger partial charge is 0.304 e. The van der Waals surface area contributed by atoms with E-state index in [-0.39, 0.29) is 12.1 Å². The van der Waals surface area contributed by atoms with Gasteiger partial charge in [0.25, 0.3) is 0 Å². The van der Waals surface area contributed by atoms with Gasteiger partial charge in [-0.3, -0.25) is 4.99 Å². The Morgan fingerprint density at radius 2 is 1.37 bits per heavy atom. The highest BCUT2D eigenvalue weighted by molar-refractivity contribution is 8.13. The first-order chi connectivity index (χ1) is 17.1. The fourth-order valence-corrected chi connectivity index (χ4v) is 4.24. The van der Waals surface area contributed by atoms with Crippen molar-refractivity contribution in [2.75, 3.05) is 6.26 Å². The summed E-state index contributed by atoms with van der Waals surface area (Å²) in [4.78, 5) is 5.09. The second kappa shape index (κ2) is 18.9. The molecule has 0 saturated carbocycles. The quantitative estimate of drug-likeness (QED) is 0.239. The highest BCUT2D eigenvalue weighted by Crippen LogP contribution is 2.22. The van der Waals surface area contributed by atoms with Crippen molar-refractivity contribution in [2.24, 2.45) is 4.99 Å². The van der Waals surface area contributed by atoms with Crippen LogP contribution in [-0.4, -0.2) is 17.3 Å². The van der Waals surface area contributed by atoms with E-state index in [1.807, 2.05) is 19.9 Å². The van der Waals surface area contributed by atoms with Gasteiger partial charge >= 0.3 is 0 Å². The predicted molar refractivity (Wildman–Crippen MR) is 160 cm³/mol. The van der Waals surface area contributed by atoms with Crippen molar-refractivity contribution in [2.45, 2.75) is 79.4 Å². The van der Waals surface area contributed by atoms with Crippen molar-refractivity contribution in [3.63, 3.8) is 0 Å². The van der Waals surface area contributed by atoms with E-state index >= 15 is 0 Å². The molecule has 0 aliphatic rings. The summed E-state index contributed by atoms with van der Waals surface area (Å²) < 4.78 is 0. The van der Waals surface area contributed by atoms with Crippen LogP contribution in [0.1, 0.15) is 82.2 Å². The summed E-state index contributed by atoms with van der Waals surface area (Å²) in [5.74, 6) is 0. The topological polar surface area (TPSA) is 24.4 Å². The van der Waals surface area contributed by atoms with Gasteiger partial charge < -0.3 is 5.32 Å². The number of benzene rings is 3. The van der Waals surface area contributed by atoms with E-state index in [9.17, 15) is 0 Å². The lowest BCUT2D eigenvalue weighted by atomic mass is 10.00. The van der Waals surface area contributed by atoms with E-state index in [4.69, 9.17) is 4.99 Å². The zero-order chi connectivity index (χ0) is 25.9. The minimum Gasteiger partial charge on any atom is -0.304 e. The average molecular weight is 491 g/mol. The first kappa shape index (κ1) is 30.7. The van der Waals surface area contributed by atoms with Crippen molar-refractivity contribution >= 4 is 16.8 Å². The van der Waals surface area contributed by atoms with Gasteiger partial charge in [-0.25, -0.2) is 0 Å². The van der Waals surface area contributed by atoms with Gasteiger partial charge in [0, 0.05) is 12.1 Å². The predicted octanol–water partition coefficient (Wildman–Crippen LogP) is 9.25. The molecule has 35 heavy (non-hydrogen) atoms. The number of nitrogens with one attached hydrogen (secondary N) is 1. The van der Waals surface area contributed by atoms with Gasteiger partial charge in [-0.05, 0) is 31.2 Å². The molecule has 3 rings (SSSR count). The Labute approximate surface area is 219 Å². The number of aryl methyl sites for hydroxylation is 1.